The molecule has 114 valence electrons. The number of carboxylic acid groups (broad SMARTS) is 1. The summed E-state index contributed by atoms with van der Waals surface area (Å²) in [6.07, 6.45) is 0. The van der Waals surface area contributed by atoms with E-state index in [0.717, 1.165) is 6.07 Å². The molecule has 1 aromatic carbocycles. The van der Waals surface area contributed by atoms with Crippen molar-refractivity contribution < 1.29 is 23.8 Å². The lowest BCUT2D eigenvalue weighted by atomic mass is 9.97. The SMILES string of the molecule is CC1(OCC(=O)O)CN(C(=O)Nc2ccc(F)cc2Cl)C1. The monoisotopic (exact) mass is 316 g/mol. The maximum Gasteiger partial charge on any atom is 0.329 e. The van der Waals surface area contributed by atoms with Gasteiger partial charge in [-0.1, -0.05) is 11.6 Å². The number of anilines is 1. The van der Waals surface area contributed by atoms with E-state index in [4.69, 9.17) is 21.4 Å². The van der Waals surface area contributed by atoms with Crippen LogP contribution in [0.25, 0.3) is 0 Å². The zero-order valence-electron chi connectivity index (χ0n) is 11.2. The molecule has 8 heteroatoms. The number of hydrogen-bond donors (Lipinski definition) is 2. The third kappa shape index (κ3) is 3.83. The van der Waals surface area contributed by atoms with Gasteiger partial charge in [-0.2, -0.15) is 0 Å². The molecule has 0 aromatic heterocycles. The molecular formula is C13H14ClFN2O4. The number of nitrogens with one attached hydrogen (secondary N) is 1. The lowest BCUT2D eigenvalue weighted by Crippen LogP contribution is -2.64. The largest absolute Gasteiger partial charge is 0.480 e. The Kier molecular flexibility index (Phi) is 4.34. The van der Waals surface area contributed by atoms with Crippen LogP contribution in [0.4, 0.5) is 14.9 Å². The highest BCUT2D eigenvalue weighted by molar-refractivity contribution is 6.33. The van der Waals surface area contributed by atoms with E-state index in [9.17, 15) is 14.0 Å². The molecule has 1 aromatic rings. The van der Waals surface area contributed by atoms with Gasteiger partial charge in [0.05, 0.1) is 23.8 Å². The maximum absolute atomic E-state index is 12.9. The van der Waals surface area contributed by atoms with Crippen LogP contribution in [-0.2, 0) is 9.53 Å². The Morgan fingerprint density at radius 3 is 2.76 bits per heavy atom. The summed E-state index contributed by atoms with van der Waals surface area (Å²) in [6, 6.07) is 3.26. The first-order chi connectivity index (χ1) is 9.79. The molecule has 1 fully saturated rings. The summed E-state index contributed by atoms with van der Waals surface area (Å²) in [7, 11) is 0. The van der Waals surface area contributed by atoms with E-state index in [2.05, 4.69) is 5.32 Å². The van der Waals surface area contributed by atoms with Crippen molar-refractivity contribution in [3.05, 3.63) is 29.0 Å². The molecule has 6 nitrogen and oxygen atoms in total. The highest BCUT2D eigenvalue weighted by Gasteiger charge is 2.42. The quantitative estimate of drug-likeness (QED) is 0.892. The summed E-state index contributed by atoms with van der Waals surface area (Å²) < 4.78 is 18.1. The van der Waals surface area contributed by atoms with E-state index in [1.54, 1.807) is 6.92 Å². The number of nitrogens with zero attached hydrogens (tertiary/aromatic N) is 1. The number of urea groups is 1. The van der Waals surface area contributed by atoms with Crippen molar-refractivity contribution in [2.45, 2.75) is 12.5 Å². The summed E-state index contributed by atoms with van der Waals surface area (Å²) in [4.78, 5) is 23.8. The number of carbonyl (C=O) groups excluding carboxylic acids is 1. The molecule has 0 atom stereocenters. The maximum atomic E-state index is 12.9. The van der Waals surface area contributed by atoms with Gasteiger partial charge in [0, 0.05) is 0 Å². The van der Waals surface area contributed by atoms with Crippen LogP contribution in [0.1, 0.15) is 6.92 Å². The standard InChI is InChI=1S/C13H14ClFN2O4/c1-13(21-5-11(18)19)6-17(7-13)12(20)16-10-3-2-8(15)4-9(10)14/h2-4H,5-7H2,1H3,(H,16,20)(H,18,19). The van der Waals surface area contributed by atoms with Crippen molar-refractivity contribution in [3.63, 3.8) is 0 Å². The molecular weight excluding hydrogens is 303 g/mol. The number of benzene rings is 1. The van der Waals surface area contributed by atoms with E-state index in [1.165, 1.54) is 17.0 Å². The van der Waals surface area contributed by atoms with Crippen LogP contribution in [-0.4, -0.2) is 47.3 Å². The summed E-state index contributed by atoms with van der Waals surface area (Å²) >= 11 is 5.82. The lowest BCUT2D eigenvalue weighted by molar-refractivity contribution is -0.159. The van der Waals surface area contributed by atoms with Crippen LogP contribution in [0.3, 0.4) is 0 Å². The number of carboxylic acids is 1. The van der Waals surface area contributed by atoms with Crippen LogP contribution < -0.4 is 5.32 Å². The van der Waals surface area contributed by atoms with E-state index in [0.29, 0.717) is 5.69 Å². The summed E-state index contributed by atoms with van der Waals surface area (Å²) in [5.74, 6) is -1.55. The van der Waals surface area contributed by atoms with Gasteiger partial charge >= 0.3 is 12.0 Å². The first-order valence-electron chi connectivity index (χ1n) is 6.16. The minimum absolute atomic E-state index is 0.105. The third-order valence-electron chi connectivity index (χ3n) is 3.05. The third-order valence-corrected chi connectivity index (χ3v) is 3.37. The molecule has 1 aliphatic rings. The molecule has 0 saturated carbocycles. The Bertz CT molecular complexity index is 575. The minimum Gasteiger partial charge on any atom is -0.480 e. The van der Waals surface area contributed by atoms with Crippen molar-refractivity contribution in [1.29, 1.82) is 0 Å². The molecule has 0 spiro atoms. The molecule has 0 bridgehead atoms. The fraction of sp³-hybridized carbons (Fsp3) is 0.385. The van der Waals surface area contributed by atoms with Crippen molar-refractivity contribution in [2.24, 2.45) is 0 Å². The predicted octanol–water partition coefficient (Wildman–Crippen LogP) is 2.19. The molecule has 0 radical (unpaired) electrons. The first-order valence-corrected chi connectivity index (χ1v) is 6.54. The number of likely N-dealkylation sites (tertiary alicyclic amines) is 1. The fourth-order valence-corrected chi connectivity index (χ4v) is 2.23. The van der Waals surface area contributed by atoms with Gasteiger partial charge in [-0.25, -0.2) is 14.0 Å². The van der Waals surface area contributed by atoms with Gasteiger partial charge < -0.3 is 20.1 Å². The van der Waals surface area contributed by atoms with Gasteiger partial charge in [0.25, 0.3) is 0 Å². The number of hydrogen-bond acceptors (Lipinski definition) is 3. The Morgan fingerprint density at radius 2 is 2.19 bits per heavy atom. The second-order valence-corrected chi connectivity index (χ2v) is 5.45. The molecule has 0 unspecified atom stereocenters. The number of rotatable bonds is 4. The summed E-state index contributed by atoms with van der Waals surface area (Å²) in [5, 5.41) is 11.2. The topological polar surface area (TPSA) is 78.9 Å². The number of ether oxygens (including phenoxy) is 1. The number of amides is 2. The van der Waals surface area contributed by atoms with Gasteiger partial charge in [-0.05, 0) is 25.1 Å². The molecule has 1 aliphatic heterocycles. The van der Waals surface area contributed by atoms with E-state index < -0.39 is 30.0 Å². The predicted molar refractivity (Wildman–Crippen MR) is 74.0 cm³/mol. The van der Waals surface area contributed by atoms with Crippen LogP contribution in [0, 0.1) is 5.82 Å². The van der Waals surface area contributed by atoms with Gasteiger partial charge in [0.15, 0.2) is 0 Å². The Labute approximate surface area is 125 Å². The van der Waals surface area contributed by atoms with Gasteiger partial charge in [0.2, 0.25) is 0 Å². The number of aliphatic carboxylic acids is 1. The van der Waals surface area contributed by atoms with Crippen LogP contribution in [0.2, 0.25) is 5.02 Å². The number of halogens is 2. The molecule has 2 N–H and O–H groups in total. The highest BCUT2D eigenvalue weighted by atomic mass is 35.5. The smallest absolute Gasteiger partial charge is 0.329 e. The molecule has 2 rings (SSSR count). The molecule has 0 aliphatic carbocycles. The van der Waals surface area contributed by atoms with Crippen molar-refractivity contribution in [3.8, 4) is 0 Å². The van der Waals surface area contributed by atoms with Gasteiger partial charge in [-0.15, -0.1) is 0 Å². The van der Waals surface area contributed by atoms with E-state index in [1.807, 2.05) is 0 Å². The first kappa shape index (κ1) is 15.5. The van der Waals surface area contributed by atoms with Crippen molar-refractivity contribution in [1.82, 2.24) is 4.90 Å². The Morgan fingerprint density at radius 1 is 1.52 bits per heavy atom. The second kappa shape index (κ2) is 5.87. The van der Waals surface area contributed by atoms with Gasteiger partial charge in [0.1, 0.15) is 18.0 Å². The average molecular weight is 317 g/mol. The van der Waals surface area contributed by atoms with Gasteiger partial charge in [-0.3, -0.25) is 0 Å². The molecule has 1 saturated heterocycles. The van der Waals surface area contributed by atoms with Crippen LogP contribution >= 0.6 is 11.6 Å². The zero-order chi connectivity index (χ0) is 15.6. The van der Waals surface area contributed by atoms with Crippen LogP contribution in [0.15, 0.2) is 18.2 Å². The van der Waals surface area contributed by atoms with Crippen molar-refractivity contribution in [2.75, 3.05) is 25.0 Å². The second-order valence-electron chi connectivity index (χ2n) is 5.04. The van der Waals surface area contributed by atoms with Crippen LogP contribution in [0.5, 0.6) is 0 Å². The van der Waals surface area contributed by atoms with E-state index >= 15 is 0 Å². The molecule has 2 amide bonds. The summed E-state index contributed by atoms with van der Waals surface area (Å²) in [5.41, 5.74) is -0.356. The lowest BCUT2D eigenvalue weighted by Gasteiger charge is -2.46. The number of carbonyl (C=O) groups is 2. The average Bonchev–Trinajstić information content (AvgIpc) is 2.36. The zero-order valence-corrected chi connectivity index (χ0v) is 12.0. The summed E-state index contributed by atoms with van der Waals surface area (Å²) in [6.45, 7) is 1.86. The van der Waals surface area contributed by atoms with E-state index in [-0.39, 0.29) is 18.1 Å². The Balaban J connectivity index is 1.87. The van der Waals surface area contributed by atoms with Crippen molar-refractivity contribution >= 4 is 29.3 Å². The minimum atomic E-state index is -1.06. The normalized spacial score (nSPS) is 16.2. The Hall–Kier alpha value is -1.86. The molecule has 21 heavy (non-hydrogen) atoms. The molecule has 1 heterocycles. The highest BCUT2D eigenvalue weighted by Crippen LogP contribution is 2.27. The fourth-order valence-electron chi connectivity index (χ4n) is 2.02.